The molecule has 10 nitrogen and oxygen atoms in total. The molecular formula is C26H33N7O3S. The van der Waals surface area contributed by atoms with E-state index >= 15 is 0 Å². The molecule has 2 aliphatic carbocycles. The number of nitrogens with two attached hydrogens (primary N) is 2. The van der Waals surface area contributed by atoms with E-state index in [0.717, 1.165) is 66.9 Å². The Hall–Kier alpha value is -2.86. The van der Waals surface area contributed by atoms with Gasteiger partial charge in [-0.1, -0.05) is 6.07 Å². The van der Waals surface area contributed by atoms with Crippen molar-refractivity contribution in [3.05, 3.63) is 40.3 Å². The lowest BCUT2D eigenvalue weighted by atomic mass is 9.91. The van der Waals surface area contributed by atoms with Crippen LogP contribution < -0.4 is 21.7 Å². The highest BCUT2D eigenvalue weighted by Crippen LogP contribution is 2.42. The number of carbonyl (C=O) groups is 1. The average molecular weight is 524 g/mol. The van der Waals surface area contributed by atoms with Crippen molar-refractivity contribution in [3.63, 3.8) is 0 Å². The number of rotatable bonds is 7. The second-order valence-electron chi connectivity index (χ2n) is 10.5. The number of nitrogen functional groups attached to an aromatic ring is 1. The smallest absolute Gasteiger partial charge is 0.263 e. The second kappa shape index (κ2) is 9.46. The number of ether oxygens (including phenoxy) is 2. The van der Waals surface area contributed by atoms with E-state index < -0.39 is 0 Å². The first-order chi connectivity index (χ1) is 17.8. The maximum Gasteiger partial charge on any atom is 0.263 e. The molecular weight excluding hydrogens is 490 g/mol. The summed E-state index contributed by atoms with van der Waals surface area (Å²) in [7, 11) is 1.72. The van der Waals surface area contributed by atoms with Crippen LogP contribution in [0.3, 0.4) is 0 Å². The Morgan fingerprint density at radius 1 is 1.30 bits per heavy atom. The summed E-state index contributed by atoms with van der Waals surface area (Å²) >= 11 is 1.31. The van der Waals surface area contributed by atoms with Gasteiger partial charge in [-0.15, -0.1) is 11.3 Å². The molecule has 2 fully saturated rings. The minimum Gasteiger partial charge on any atom is -0.397 e. The van der Waals surface area contributed by atoms with Crippen molar-refractivity contribution in [2.24, 2.45) is 5.73 Å². The third-order valence-electron chi connectivity index (χ3n) is 7.65. The van der Waals surface area contributed by atoms with Crippen LogP contribution in [-0.4, -0.2) is 71.5 Å². The van der Waals surface area contributed by atoms with Crippen molar-refractivity contribution in [1.82, 2.24) is 20.3 Å². The Morgan fingerprint density at radius 2 is 2.14 bits per heavy atom. The number of nitrogens with zero attached hydrogens (tertiary/aromatic N) is 4. The maximum atomic E-state index is 13.1. The van der Waals surface area contributed by atoms with E-state index in [1.165, 1.54) is 16.9 Å². The summed E-state index contributed by atoms with van der Waals surface area (Å²) in [6, 6.07) is 4.17. The quantitative estimate of drug-likeness (QED) is 0.424. The van der Waals surface area contributed by atoms with Gasteiger partial charge in [0.05, 0.1) is 35.4 Å². The van der Waals surface area contributed by atoms with Gasteiger partial charge in [0.2, 0.25) is 0 Å². The summed E-state index contributed by atoms with van der Waals surface area (Å²) in [5, 5.41) is 3.90. The monoisotopic (exact) mass is 523 g/mol. The molecule has 1 aliphatic heterocycles. The first-order valence-corrected chi connectivity index (χ1v) is 13.6. The molecule has 6 rings (SSSR count). The number of fused-ring (bicyclic) bond motifs is 2. The SMILES string of the molecule is COCC1(OC2CN(c3ccc4c(n3)CCC(NC(=O)c3sc5nc(C)ncc5c3N)C4)CC2N)CC1. The zero-order valence-corrected chi connectivity index (χ0v) is 22.0. The van der Waals surface area contributed by atoms with Gasteiger partial charge in [-0.3, -0.25) is 4.79 Å². The Balaban J connectivity index is 1.10. The van der Waals surface area contributed by atoms with E-state index in [0.29, 0.717) is 23.0 Å². The van der Waals surface area contributed by atoms with Gasteiger partial charge in [0.25, 0.3) is 5.91 Å². The number of carbonyl (C=O) groups excluding carboxylic acids is 1. The van der Waals surface area contributed by atoms with Gasteiger partial charge >= 0.3 is 0 Å². The minimum atomic E-state index is -0.157. The summed E-state index contributed by atoms with van der Waals surface area (Å²) in [6.45, 7) is 3.90. The Labute approximate surface area is 219 Å². The van der Waals surface area contributed by atoms with Gasteiger partial charge in [0.15, 0.2) is 0 Å². The van der Waals surface area contributed by atoms with Crippen LogP contribution in [0.1, 0.15) is 46.0 Å². The number of pyridine rings is 1. The summed E-state index contributed by atoms with van der Waals surface area (Å²) in [5.74, 6) is 1.44. The molecule has 1 amide bonds. The zero-order valence-electron chi connectivity index (χ0n) is 21.2. The molecule has 4 heterocycles. The number of nitrogens with one attached hydrogen (secondary N) is 1. The van der Waals surface area contributed by atoms with Crippen LogP contribution in [0.15, 0.2) is 18.3 Å². The number of amides is 1. The predicted molar refractivity (Wildman–Crippen MR) is 143 cm³/mol. The highest BCUT2D eigenvalue weighted by Gasteiger charge is 2.48. The van der Waals surface area contributed by atoms with Crippen molar-refractivity contribution in [1.29, 1.82) is 0 Å². The molecule has 5 N–H and O–H groups in total. The summed E-state index contributed by atoms with van der Waals surface area (Å²) in [4.78, 5) is 30.1. The van der Waals surface area contributed by atoms with Crippen LogP contribution in [0.2, 0.25) is 0 Å². The normalized spacial score (nSPS) is 24.3. The Kier molecular flexibility index (Phi) is 6.26. The van der Waals surface area contributed by atoms with Crippen molar-refractivity contribution in [3.8, 4) is 0 Å². The van der Waals surface area contributed by atoms with Gasteiger partial charge in [0.1, 0.15) is 21.3 Å². The van der Waals surface area contributed by atoms with Crippen LogP contribution >= 0.6 is 11.3 Å². The van der Waals surface area contributed by atoms with E-state index in [4.69, 9.17) is 25.9 Å². The number of hydrogen-bond donors (Lipinski definition) is 3. The van der Waals surface area contributed by atoms with Gasteiger partial charge in [-0.05, 0) is 50.7 Å². The van der Waals surface area contributed by atoms with E-state index in [1.807, 2.05) is 6.92 Å². The van der Waals surface area contributed by atoms with Gasteiger partial charge in [0, 0.05) is 38.1 Å². The molecule has 0 spiro atoms. The van der Waals surface area contributed by atoms with Crippen molar-refractivity contribution >= 4 is 39.0 Å². The molecule has 3 aromatic rings. The van der Waals surface area contributed by atoms with Gasteiger partial charge in [-0.2, -0.15) is 0 Å². The molecule has 3 unspecified atom stereocenters. The van der Waals surface area contributed by atoms with Crippen molar-refractivity contribution in [2.75, 3.05) is 37.4 Å². The predicted octanol–water partition coefficient (Wildman–Crippen LogP) is 1.98. The fourth-order valence-corrected chi connectivity index (χ4v) is 6.45. The molecule has 0 aromatic carbocycles. The van der Waals surface area contributed by atoms with Gasteiger partial charge in [-0.25, -0.2) is 15.0 Å². The van der Waals surface area contributed by atoms with Crippen molar-refractivity contribution in [2.45, 2.75) is 62.8 Å². The summed E-state index contributed by atoms with van der Waals surface area (Å²) in [5.41, 5.74) is 15.2. The molecule has 0 radical (unpaired) electrons. The molecule has 1 saturated heterocycles. The molecule has 37 heavy (non-hydrogen) atoms. The largest absolute Gasteiger partial charge is 0.397 e. The van der Waals surface area contributed by atoms with Crippen molar-refractivity contribution < 1.29 is 14.3 Å². The topological polar surface area (TPSA) is 142 Å². The van der Waals surface area contributed by atoms with E-state index in [9.17, 15) is 4.79 Å². The highest BCUT2D eigenvalue weighted by atomic mass is 32.1. The number of anilines is 2. The number of aryl methyl sites for hydroxylation is 2. The van der Waals surface area contributed by atoms with E-state index in [2.05, 4.69) is 32.3 Å². The van der Waals surface area contributed by atoms with E-state index in [-0.39, 0.29) is 29.7 Å². The van der Waals surface area contributed by atoms with Crippen LogP contribution in [0.5, 0.6) is 0 Å². The summed E-state index contributed by atoms with van der Waals surface area (Å²) < 4.78 is 11.7. The van der Waals surface area contributed by atoms with Crippen LogP contribution in [0.25, 0.3) is 10.2 Å². The van der Waals surface area contributed by atoms with Crippen LogP contribution in [0, 0.1) is 6.92 Å². The van der Waals surface area contributed by atoms with E-state index in [1.54, 1.807) is 13.3 Å². The van der Waals surface area contributed by atoms with Crippen LogP contribution in [0.4, 0.5) is 11.5 Å². The maximum absolute atomic E-state index is 13.1. The number of methoxy groups -OCH3 is 1. The highest BCUT2D eigenvalue weighted by molar-refractivity contribution is 7.21. The lowest BCUT2D eigenvalue weighted by molar-refractivity contribution is -0.0623. The number of hydrogen-bond acceptors (Lipinski definition) is 10. The number of aromatic nitrogens is 3. The lowest BCUT2D eigenvalue weighted by Gasteiger charge is -2.27. The molecule has 1 saturated carbocycles. The third kappa shape index (κ3) is 4.76. The Morgan fingerprint density at radius 3 is 2.92 bits per heavy atom. The van der Waals surface area contributed by atoms with Crippen LogP contribution in [-0.2, 0) is 22.3 Å². The fourth-order valence-electron chi connectivity index (χ4n) is 5.43. The molecule has 3 aliphatic rings. The van der Waals surface area contributed by atoms with Gasteiger partial charge < -0.3 is 31.2 Å². The average Bonchev–Trinajstić information content (AvgIpc) is 3.42. The molecule has 3 atom stereocenters. The molecule has 0 bridgehead atoms. The fraction of sp³-hybridized carbons (Fsp3) is 0.538. The Bertz CT molecular complexity index is 1340. The zero-order chi connectivity index (χ0) is 25.7. The summed E-state index contributed by atoms with van der Waals surface area (Å²) in [6.07, 6.45) is 6.09. The standard InChI is InChI=1S/C26H33N7O3S/c1-14-29-10-17-22(28)23(37-25(17)30-14)24(34)31-16-4-5-19-15(9-16)3-6-21(32-19)33-11-18(27)20(12-33)36-26(7-8-26)13-35-2/h3,6,10,16,18,20H,4-5,7-9,11-13,27-28H2,1-2H3,(H,31,34). The molecule has 3 aromatic heterocycles. The third-order valence-corrected chi connectivity index (χ3v) is 8.76. The minimum absolute atomic E-state index is 0.0219. The second-order valence-corrected chi connectivity index (χ2v) is 11.5. The molecule has 11 heteroatoms. The first kappa shape index (κ1) is 24.5. The molecule has 196 valence electrons. The lowest BCUT2D eigenvalue weighted by Crippen LogP contribution is -2.39. The number of thiophene rings is 1. The first-order valence-electron chi connectivity index (χ1n) is 12.8.